The highest BCUT2D eigenvalue weighted by Crippen LogP contribution is 2.23. The molecule has 5 nitrogen and oxygen atoms in total. The molecule has 0 atom stereocenters. The first-order valence-corrected chi connectivity index (χ1v) is 6.64. The second-order valence-electron chi connectivity index (χ2n) is 4.49. The van der Waals surface area contributed by atoms with Crippen molar-refractivity contribution in [1.29, 1.82) is 0 Å². The molecule has 2 aromatic rings. The van der Waals surface area contributed by atoms with Gasteiger partial charge in [-0.05, 0) is 24.3 Å². The van der Waals surface area contributed by atoms with Crippen LogP contribution in [-0.4, -0.2) is 18.4 Å². The van der Waals surface area contributed by atoms with Crippen molar-refractivity contribution in [3.05, 3.63) is 72.2 Å². The van der Waals surface area contributed by atoms with Gasteiger partial charge in [-0.3, -0.25) is 4.79 Å². The number of carbonyl (C=O) groups excluding carboxylic acids is 2. The minimum absolute atomic E-state index is 0.128. The highest BCUT2D eigenvalue weighted by Gasteiger charge is 2.34. The maximum atomic E-state index is 12.2. The summed E-state index contributed by atoms with van der Waals surface area (Å²) in [4.78, 5) is 24.0. The van der Waals surface area contributed by atoms with E-state index < -0.39 is 11.8 Å². The molecule has 0 aromatic heterocycles. The van der Waals surface area contributed by atoms with E-state index in [1.165, 1.54) is 0 Å². The van der Waals surface area contributed by atoms with Crippen LogP contribution in [0, 0.1) is 0 Å². The van der Waals surface area contributed by atoms with E-state index in [-0.39, 0.29) is 18.1 Å². The molecular formula is C17H12O5. The number of ketones is 1. The van der Waals surface area contributed by atoms with Crippen LogP contribution in [-0.2, 0) is 14.3 Å². The molecule has 5 heteroatoms. The third-order valence-corrected chi connectivity index (χ3v) is 2.93. The van der Waals surface area contributed by atoms with Crippen LogP contribution < -0.4 is 9.47 Å². The van der Waals surface area contributed by atoms with Gasteiger partial charge >= 0.3 is 11.9 Å². The molecule has 0 N–H and O–H groups in total. The molecule has 110 valence electrons. The normalized spacial score (nSPS) is 13.7. The fraction of sp³-hybridized carbons (Fsp3) is 0.0588. The molecule has 0 fully saturated rings. The van der Waals surface area contributed by atoms with Crippen molar-refractivity contribution in [2.75, 3.05) is 6.61 Å². The smallest absolute Gasteiger partial charge is 0.354 e. The van der Waals surface area contributed by atoms with Crippen molar-refractivity contribution in [3.8, 4) is 11.5 Å². The van der Waals surface area contributed by atoms with Crippen molar-refractivity contribution in [2.45, 2.75) is 0 Å². The summed E-state index contributed by atoms with van der Waals surface area (Å²) in [6.07, 6.45) is 0. The Bertz CT molecular complexity index is 719. The van der Waals surface area contributed by atoms with Gasteiger partial charge in [0, 0.05) is 0 Å². The molecule has 3 rings (SSSR count). The summed E-state index contributed by atoms with van der Waals surface area (Å²) >= 11 is 0. The second-order valence-corrected chi connectivity index (χ2v) is 4.49. The number of hydrogen-bond donors (Lipinski definition) is 0. The average Bonchev–Trinajstić information content (AvgIpc) is 2.90. The van der Waals surface area contributed by atoms with Crippen LogP contribution in [0.1, 0.15) is 0 Å². The van der Waals surface area contributed by atoms with Gasteiger partial charge in [-0.1, -0.05) is 36.4 Å². The van der Waals surface area contributed by atoms with E-state index in [4.69, 9.17) is 14.2 Å². The van der Waals surface area contributed by atoms with Gasteiger partial charge in [-0.15, -0.1) is 0 Å². The lowest BCUT2D eigenvalue weighted by atomic mass is 10.2. The van der Waals surface area contributed by atoms with Crippen molar-refractivity contribution in [1.82, 2.24) is 0 Å². The molecule has 22 heavy (non-hydrogen) atoms. The first kappa shape index (κ1) is 13.9. The average molecular weight is 296 g/mol. The molecule has 0 unspecified atom stereocenters. The summed E-state index contributed by atoms with van der Waals surface area (Å²) in [7, 11) is 0. The van der Waals surface area contributed by atoms with Gasteiger partial charge in [0.05, 0.1) is 0 Å². The van der Waals surface area contributed by atoms with Crippen LogP contribution in [0.5, 0.6) is 11.5 Å². The number of para-hydroxylation sites is 2. The highest BCUT2D eigenvalue weighted by atomic mass is 16.7. The lowest BCUT2D eigenvalue weighted by Gasteiger charge is -2.07. The summed E-state index contributed by atoms with van der Waals surface area (Å²) in [6.45, 7) is -0.235. The SMILES string of the molecule is O=C1COC(Oc2ccccc2)=C1C(=O)Oc1ccccc1. The van der Waals surface area contributed by atoms with Gasteiger partial charge in [0.1, 0.15) is 11.5 Å². The lowest BCUT2D eigenvalue weighted by molar-refractivity contribution is -0.132. The molecule has 2 aromatic carbocycles. The molecule has 0 spiro atoms. The Morgan fingerprint density at radius 3 is 2.14 bits per heavy atom. The van der Waals surface area contributed by atoms with E-state index in [2.05, 4.69) is 0 Å². The minimum Gasteiger partial charge on any atom is -0.456 e. The van der Waals surface area contributed by atoms with Gasteiger partial charge in [-0.25, -0.2) is 4.79 Å². The largest absolute Gasteiger partial charge is 0.456 e. The summed E-state index contributed by atoms with van der Waals surface area (Å²) in [5.74, 6) is -0.570. The number of carbonyl (C=O) groups is 2. The predicted molar refractivity (Wildman–Crippen MR) is 77.1 cm³/mol. The number of hydrogen-bond acceptors (Lipinski definition) is 5. The van der Waals surface area contributed by atoms with Gasteiger partial charge in [-0.2, -0.15) is 0 Å². The van der Waals surface area contributed by atoms with Crippen LogP contribution in [0.25, 0.3) is 0 Å². The molecule has 1 aliphatic rings. The number of ether oxygens (including phenoxy) is 3. The monoisotopic (exact) mass is 296 g/mol. The summed E-state index contributed by atoms with van der Waals surface area (Å²) in [6, 6.07) is 17.3. The Morgan fingerprint density at radius 2 is 1.50 bits per heavy atom. The van der Waals surface area contributed by atoms with Crippen molar-refractivity contribution < 1.29 is 23.8 Å². The van der Waals surface area contributed by atoms with E-state index in [9.17, 15) is 9.59 Å². The molecule has 1 aliphatic heterocycles. The summed E-state index contributed by atoms with van der Waals surface area (Å²) in [5, 5.41) is 0. The molecule has 0 saturated carbocycles. The molecular weight excluding hydrogens is 284 g/mol. The van der Waals surface area contributed by atoms with Gasteiger partial charge in [0.15, 0.2) is 12.2 Å². The van der Waals surface area contributed by atoms with E-state index in [0.717, 1.165) is 0 Å². The molecule has 0 saturated heterocycles. The van der Waals surface area contributed by atoms with E-state index >= 15 is 0 Å². The van der Waals surface area contributed by atoms with Crippen LogP contribution in [0.15, 0.2) is 72.2 Å². The van der Waals surface area contributed by atoms with E-state index in [1.54, 1.807) is 54.6 Å². The standard InChI is InChI=1S/C17H12O5/c18-14-11-20-17(22-13-9-5-2-6-10-13)15(14)16(19)21-12-7-3-1-4-8-12/h1-10H,11H2. The third kappa shape index (κ3) is 2.98. The Kier molecular flexibility index (Phi) is 3.87. The third-order valence-electron chi connectivity index (χ3n) is 2.93. The lowest BCUT2D eigenvalue weighted by Crippen LogP contribution is -2.18. The molecule has 0 bridgehead atoms. The first-order valence-electron chi connectivity index (χ1n) is 6.64. The Balaban J connectivity index is 1.83. The van der Waals surface area contributed by atoms with Gasteiger partial charge < -0.3 is 14.2 Å². The highest BCUT2D eigenvalue weighted by molar-refractivity contribution is 6.19. The van der Waals surface area contributed by atoms with Gasteiger partial charge in [0.2, 0.25) is 5.78 Å². The zero-order valence-corrected chi connectivity index (χ0v) is 11.5. The fourth-order valence-corrected chi connectivity index (χ4v) is 1.91. The van der Waals surface area contributed by atoms with Crippen LogP contribution in [0.4, 0.5) is 0 Å². The van der Waals surface area contributed by atoms with Crippen molar-refractivity contribution in [3.63, 3.8) is 0 Å². The fourth-order valence-electron chi connectivity index (χ4n) is 1.91. The first-order chi connectivity index (χ1) is 10.7. The summed E-state index contributed by atoms with van der Waals surface area (Å²) < 4.78 is 15.8. The Labute approximate surface area is 126 Å². The zero-order chi connectivity index (χ0) is 15.4. The van der Waals surface area contributed by atoms with Crippen LogP contribution >= 0.6 is 0 Å². The van der Waals surface area contributed by atoms with E-state index in [0.29, 0.717) is 11.5 Å². The Morgan fingerprint density at radius 1 is 0.909 bits per heavy atom. The van der Waals surface area contributed by atoms with E-state index in [1.807, 2.05) is 6.07 Å². The predicted octanol–water partition coefficient (Wildman–Crippen LogP) is 2.48. The molecule has 0 amide bonds. The maximum Gasteiger partial charge on any atom is 0.354 e. The quantitative estimate of drug-likeness (QED) is 0.493. The van der Waals surface area contributed by atoms with Gasteiger partial charge in [0.25, 0.3) is 0 Å². The molecule has 1 heterocycles. The second kappa shape index (κ2) is 6.13. The minimum atomic E-state index is -0.792. The van der Waals surface area contributed by atoms with Crippen molar-refractivity contribution >= 4 is 11.8 Å². The number of rotatable bonds is 4. The summed E-state index contributed by atoms with van der Waals surface area (Å²) in [5.41, 5.74) is -0.215. The number of esters is 1. The number of benzene rings is 2. The van der Waals surface area contributed by atoms with Crippen LogP contribution in [0.3, 0.4) is 0 Å². The topological polar surface area (TPSA) is 61.8 Å². The molecule has 0 aliphatic carbocycles. The Hall–Kier alpha value is -3.08. The maximum absolute atomic E-state index is 12.2. The molecule has 0 radical (unpaired) electrons. The number of Topliss-reactive ketones (excluding diaryl/α,β-unsaturated/α-hetero) is 1. The van der Waals surface area contributed by atoms with Crippen LogP contribution in [0.2, 0.25) is 0 Å². The zero-order valence-electron chi connectivity index (χ0n) is 11.5. The van der Waals surface area contributed by atoms with Crippen molar-refractivity contribution in [2.24, 2.45) is 0 Å².